The van der Waals surface area contributed by atoms with Crippen molar-refractivity contribution >= 4 is 16.9 Å². The molecule has 4 nitrogen and oxygen atoms in total. The maximum absolute atomic E-state index is 12.4. The van der Waals surface area contributed by atoms with Crippen molar-refractivity contribution in [2.45, 2.75) is 31.8 Å². The number of fused-ring (bicyclic) bond motifs is 1. The molecule has 4 heteroatoms. The van der Waals surface area contributed by atoms with E-state index in [0.717, 1.165) is 36.8 Å². The number of nitrogens with zero attached hydrogens (tertiary/aromatic N) is 1. The zero-order valence-electron chi connectivity index (χ0n) is 13.2. The lowest BCUT2D eigenvalue weighted by Crippen LogP contribution is -2.36. The zero-order valence-corrected chi connectivity index (χ0v) is 13.2. The van der Waals surface area contributed by atoms with Gasteiger partial charge >= 0.3 is 5.97 Å². The Morgan fingerprint density at radius 3 is 2.82 bits per heavy atom. The number of carbonyl (C=O) groups is 1. The van der Waals surface area contributed by atoms with E-state index in [1.165, 1.54) is 6.42 Å². The van der Waals surface area contributed by atoms with Crippen LogP contribution in [0, 0.1) is 5.92 Å². The molecule has 0 bridgehead atoms. The molecule has 1 aliphatic rings. The van der Waals surface area contributed by atoms with E-state index in [1.54, 1.807) is 6.07 Å². The van der Waals surface area contributed by atoms with Gasteiger partial charge in [0.05, 0.1) is 0 Å². The second-order valence-corrected chi connectivity index (χ2v) is 6.40. The predicted octanol–water partition coefficient (Wildman–Crippen LogP) is 3.71. The molecule has 22 heavy (non-hydrogen) atoms. The van der Waals surface area contributed by atoms with E-state index >= 15 is 0 Å². The van der Waals surface area contributed by atoms with Crippen LogP contribution in [0.5, 0.6) is 0 Å². The van der Waals surface area contributed by atoms with Gasteiger partial charge in [0.15, 0.2) is 0 Å². The van der Waals surface area contributed by atoms with Gasteiger partial charge in [-0.3, -0.25) is 0 Å². The molecule has 3 rings (SSSR count). The summed E-state index contributed by atoms with van der Waals surface area (Å²) in [5.41, 5.74) is 0.725. The van der Waals surface area contributed by atoms with Crippen LogP contribution < -0.4 is 0 Å². The predicted molar refractivity (Wildman–Crippen MR) is 85.9 cm³/mol. The highest BCUT2D eigenvalue weighted by atomic mass is 16.6. The van der Waals surface area contributed by atoms with Crippen LogP contribution in [0.4, 0.5) is 0 Å². The van der Waals surface area contributed by atoms with E-state index in [1.807, 2.05) is 24.3 Å². The summed E-state index contributed by atoms with van der Waals surface area (Å²) in [6.45, 7) is 0.956. The normalized spacial score (nSPS) is 22.1. The molecule has 1 aliphatic carbocycles. The summed E-state index contributed by atoms with van der Waals surface area (Å²) in [4.78, 5) is 14.5. The highest BCUT2D eigenvalue weighted by Crippen LogP contribution is 2.29. The van der Waals surface area contributed by atoms with Crippen molar-refractivity contribution in [2.24, 2.45) is 5.92 Å². The van der Waals surface area contributed by atoms with E-state index in [2.05, 4.69) is 19.0 Å². The van der Waals surface area contributed by atoms with Gasteiger partial charge in [-0.15, -0.1) is 0 Å². The molecule has 0 amide bonds. The Bertz CT molecular complexity index is 614. The minimum Gasteiger partial charge on any atom is -0.456 e. The Morgan fingerprint density at radius 1 is 1.27 bits per heavy atom. The lowest BCUT2D eigenvalue weighted by molar-refractivity contribution is -0.00587. The largest absolute Gasteiger partial charge is 0.456 e. The quantitative estimate of drug-likeness (QED) is 0.807. The van der Waals surface area contributed by atoms with Crippen molar-refractivity contribution in [3.63, 3.8) is 0 Å². The summed E-state index contributed by atoms with van der Waals surface area (Å²) < 4.78 is 11.4. The second kappa shape index (κ2) is 6.53. The Morgan fingerprint density at radius 2 is 2.05 bits per heavy atom. The molecule has 0 unspecified atom stereocenters. The summed E-state index contributed by atoms with van der Waals surface area (Å²) in [5.74, 6) is 0.374. The first-order chi connectivity index (χ1) is 10.6. The van der Waals surface area contributed by atoms with Crippen LogP contribution in [0.15, 0.2) is 34.7 Å². The molecule has 1 aromatic carbocycles. The lowest BCUT2D eigenvalue weighted by Gasteiger charge is -2.32. The third-order valence-corrected chi connectivity index (χ3v) is 4.32. The Hall–Kier alpha value is -1.81. The van der Waals surface area contributed by atoms with Crippen LogP contribution in [-0.2, 0) is 4.74 Å². The van der Waals surface area contributed by atoms with Crippen LogP contribution in [0.3, 0.4) is 0 Å². The summed E-state index contributed by atoms with van der Waals surface area (Å²) in [7, 11) is 4.12. The van der Waals surface area contributed by atoms with E-state index in [4.69, 9.17) is 9.15 Å². The van der Waals surface area contributed by atoms with Crippen molar-refractivity contribution < 1.29 is 13.9 Å². The molecule has 1 heterocycles. The number of furan rings is 1. The Kier molecular flexibility index (Phi) is 4.48. The fraction of sp³-hybridized carbons (Fsp3) is 0.500. The molecule has 0 radical (unpaired) electrons. The van der Waals surface area contributed by atoms with Crippen molar-refractivity contribution in [1.29, 1.82) is 0 Å². The molecule has 0 N–H and O–H groups in total. The summed E-state index contributed by atoms with van der Waals surface area (Å²) in [6.07, 6.45) is 4.41. The number of rotatable bonds is 4. The summed E-state index contributed by atoms with van der Waals surface area (Å²) in [6, 6.07) is 9.39. The first-order valence-electron chi connectivity index (χ1n) is 7.98. The highest BCUT2D eigenvalue weighted by Gasteiger charge is 2.29. The fourth-order valence-electron chi connectivity index (χ4n) is 3.28. The maximum atomic E-state index is 12.4. The Balaban J connectivity index is 1.71. The third-order valence-electron chi connectivity index (χ3n) is 4.32. The van der Waals surface area contributed by atoms with Crippen LogP contribution in [0.1, 0.15) is 36.2 Å². The molecule has 0 aliphatic heterocycles. The van der Waals surface area contributed by atoms with Gasteiger partial charge in [-0.05, 0) is 45.5 Å². The third kappa shape index (κ3) is 3.33. The molecular formula is C18H23NO3. The average molecular weight is 301 g/mol. The number of ether oxygens (including phenoxy) is 1. The van der Waals surface area contributed by atoms with Gasteiger partial charge in [0.1, 0.15) is 11.7 Å². The number of benzene rings is 1. The van der Waals surface area contributed by atoms with Crippen molar-refractivity contribution in [3.8, 4) is 0 Å². The minimum absolute atomic E-state index is 0.00291. The summed E-state index contributed by atoms with van der Waals surface area (Å²) in [5, 5.41) is 0.933. The minimum atomic E-state index is -0.341. The van der Waals surface area contributed by atoms with E-state index < -0.39 is 0 Å². The fourth-order valence-corrected chi connectivity index (χ4v) is 3.28. The van der Waals surface area contributed by atoms with Gasteiger partial charge in [-0.25, -0.2) is 4.79 Å². The first kappa shape index (κ1) is 15.1. The van der Waals surface area contributed by atoms with Gasteiger partial charge in [0.25, 0.3) is 0 Å². The molecule has 1 fully saturated rings. The number of esters is 1. The van der Waals surface area contributed by atoms with Crippen molar-refractivity contribution in [3.05, 3.63) is 36.1 Å². The number of carbonyl (C=O) groups excluding carboxylic acids is 1. The van der Waals surface area contributed by atoms with Gasteiger partial charge < -0.3 is 14.1 Å². The zero-order chi connectivity index (χ0) is 15.5. The van der Waals surface area contributed by atoms with Crippen LogP contribution >= 0.6 is 0 Å². The van der Waals surface area contributed by atoms with Gasteiger partial charge in [-0.1, -0.05) is 24.6 Å². The number of para-hydroxylation sites is 1. The molecule has 118 valence electrons. The average Bonchev–Trinajstić information content (AvgIpc) is 2.93. The van der Waals surface area contributed by atoms with Crippen LogP contribution in [0.25, 0.3) is 11.0 Å². The molecule has 2 aromatic rings. The van der Waals surface area contributed by atoms with Gasteiger partial charge in [0, 0.05) is 17.8 Å². The molecular weight excluding hydrogens is 278 g/mol. The Labute approximate surface area is 131 Å². The molecule has 1 aromatic heterocycles. The highest BCUT2D eigenvalue weighted by molar-refractivity contribution is 5.92. The van der Waals surface area contributed by atoms with E-state index in [0.29, 0.717) is 11.7 Å². The van der Waals surface area contributed by atoms with Crippen LogP contribution in [0.2, 0.25) is 0 Å². The molecule has 1 saturated carbocycles. The SMILES string of the molecule is CN(C)C[C@H]1CCCC[C@@H]1OC(=O)c1cc2ccccc2o1. The van der Waals surface area contributed by atoms with Crippen LogP contribution in [-0.4, -0.2) is 37.6 Å². The standard InChI is InChI=1S/C18H23NO3/c1-19(2)12-14-8-4-6-10-16(14)22-18(20)17-11-13-7-3-5-9-15(13)21-17/h3,5,7,9,11,14,16H,4,6,8,10,12H2,1-2H3/t14-,16+/m1/s1. The van der Waals surface area contributed by atoms with Gasteiger partial charge in [-0.2, -0.15) is 0 Å². The van der Waals surface area contributed by atoms with E-state index in [9.17, 15) is 4.79 Å². The van der Waals surface area contributed by atoms with Gasteiger partial charge in [0.2, 0.25) is 5.76 Å². The molecule has 0 saturated heterocycles. The van der Waals surface area contributed by atoms with Crippen molar-refractivity contribution in [1.82, 2.24) is 4.90 Å². The maximum Gasteiger partial charge on any atom is 0.374 e. The van der Waals surface area contributed by atoms with E-state index in [-0.39, 0.29) is 12.1 Å². The second-order valence-electron chi connectivity index (χ2n) is 6.40. The topological polar surface area (TPSA) is 42.7 Å². The lowest BCUT2D eigenvalue weighted by atomic mass is 9.86. The molecule has 0 spiro atoms. The number of hydrogen-bond acceptors (Lipinski definition) is 4. The first-order valence-corrected chi connectivity index (χ1v) is 7.98. The molecule has 2 atom stereocenters. The van der Waals surface area contributed by atoms with Crippen molar-refractivity contribution in [2.75, 3.05) is 20.6 Å². The summed E-state index contributed by atoms with van der Waals surface area (Å²) >= 11 is 0. The smallest absolute Gasteiger partial charge is 0.374 e. The number of hydrogen-bond donors (Lipinski definition) is 0. The monoisotopic (exact) mass is 301 g/mol.